The average molecular weight is 184 g/mol. The highest BCUT2D eigenvalue weighted by Gasteiger charge is 2.23. The molecule has 1 rings (SSSR count). The molecule has 0 aromatic carbocycles. The summed E-state index contributed by atoms with van der Waals surface area (Å²) < 4.78 is 5.95. The van der Waals surface area contributed by atoms with Gasteiger partial charge in [-0.05, 0) is 38.0 Å². The highest BCUT2D eigenvalue weighted by Crippen LogP contribution is 2.26. The van der Waals surface area contributed by atoms with Gasteiger partial charge in [-0.2, -0.15) is 0 Å². The molecule has 0 bridgehead atoms. The van der Waals surface area contributed by atoms with Crippen LogP contribution in [0.15, 0.2) is 0 Å². The summed E-state index contributed by atoms with van der Waals surface area (Å²) in [5.74, 6) is 0.828. The summed E-state index contributed by atoms with van der Waals surface area (Å²) in [5, 5.41) is 0. The van der Waals surface area contributed by atoms with Crippen LogP contribution >= 0.6 is 0 Å². The smallest absolute Gasteiger partial charge is 0.0580 e. The van der Waals surface area contributed by atoms with Gasteiger partial charge in [0.05, 0.1) is 12.2 Å². The zero-order chi connectivity index (χ0) is 9.68. The Hall–Kier alpha value is -0.0400. The van der Waals surface area contributed by atoms with Gasteiger partial charge in [0, 0.05) is 0 Å². The van der Waals surface area contributed by atoms with Crippen LogP contribution in [0, 0.1) is 5.92 Å². The van der Waals surface area contributed by atoms with Crippen LogP contribution in [0.1, 0.15) is 59.3 Å². The van der Waals surface area contributed by atoms with Crippen molar-refractivity contribution in [3.05, 3.63) is 0 Å². The molecule has 0 radical (unpaired) electrons. The van der Waals surface area contributed by atoms with Gasteiger partial charge in [-0.3, -0.25) is 0 Å². The highest BCUT2D eigenvalue weighted by molar-refractivity contribution is 4.73. The largest absolute Gasteiger partial charge is 0.375 e. The third-order valence-corrected chi connectivity index (χ3v) is 2.87. The molecule has 78 valence electrons. The summed E-state index contributed by atoms with van der Waals surface area (Å²) in [7, 11) is 0. The lowest BCUT2D eigenvalue weighted by Crippen LogP contribution is -2.11. The zero-order valence-electron chi connectivity index (χ0n) is 9.38. The van der Waals surface area contributed by atoms with Crippen LogP contribution in [0.4, 0.5) is 0 Å². The van der Waals surface area contributed by atoms with Crippen molar-refractivity contribution >= 4 is 0 Å². The van der Waals surface area contributed by atoms with Gasteiger partial charge in [0.1, 0.15) is 0 Å². The lowest BCUT2D eigenvalue weighted by molar-refractivity contribution is 0.0331. The molecule has 0 saturated carbocycles. The van der Waals surface area contributed by atoms with Crippen molar-refractivity contribution in [2.24, 2.45) is 5.92 Å². The minimum absolute atomic E-state index is 0.582. The van der Waals surface area contributed by atoms with Crippen molar-refractivity contribution in [3.8, 4) is 0 Å². The van der Waals surface area contributed by atoms with Crippen LogP contribution in [0.25, 0.3) is 0 Å². The van der Waals surface area contributed by atoms with Crippen molar-refractivity contribution < 1.29 is 4.74 Å². The fourth-order valence-electron chi connectivity index (χ4n) is 2.05. The molecule has 1 saturated heterocycles. The Kier molecular flexibility index (Phi) is 4.79. The summed E-state index contributed by atoms with van der Waals surface area (Å²) >= 11 is 0. The van der Waals surface area contributed by atoms with Crippen LogP contribution in [-0.2, 0) is 4.74 Å². The van der Waals surface area contributed by atoms with E-state index in [0.29, 0.717) is 12.2 Å². The molecule has 1 fully saturated rings. The maximum absolute atomic E-state index is 5.95. The predicted octanol–water partition coefficient (Wildman–Crippen LogP) is 3.77. The van der Waals surface area contributed by atoms with Crippen molar-refractivity contribution in [2.45, 2.75) is 71.5 Å². The first-order valence-corrected chi connectivity index (χ1v) is 5.87. The topological polar surface area (TPSA) is 9.23 Å². The third kappa shape index (κ3) is 4.12. The molecule has 1 nitrogen and oxygen atoms in total. The normalized spacial score (nSPS) is 28.6. The van der Waals surface area contributed by atoms with E-state index in [9.17, 15) is 0 Å². The van der Waals surface area contributed by atoms with E-state index >= 15 is 0 Å². The molecule has 1 aliphatic heterocycles. The fourth-order valence-corrected chi connectivity index (χ4v) is 2.05. The third-order valence-electron chi connectivity index (χ3n) is 2.87. The van der Waals surface area contributed by atoms with Crippen LogP contribution in [0.5, 0.6) is 0 Å². The molecule has 2 unspecified atom stereocenters. The maximum Gasteiger partial charge on any atom is 0.0580 e. The summed E-state index contributed by atoms with van der Waals surface area (Å²) in [4.78, 5) is 0. The fraction of sp³-hybridized carbons (Fsp3) is 1.00. The Morgan fingerprint density at radius 1 is 1.15 bits per heavy atom. The van der Waals surface area contributed by atoms with Gasteiger partial charge in [0.25, 0.3) is 0 Å². The Morgan fingerprint density at radius 3 is 2.31 bits per heavy atom. The van der Waals surface area contributed by atoms with Crippen LogP contribution in [-0.4, -0.2) is 12.2 Å². The van der Waals surface area contributed by atoms with Gasteiger partial charge >= 0.3 is 0 Å². The summed E-state index contributed by atoms with van der Waals surface area (Å²) in [6.45, 7) is 6.82. The highest BCUT2D eigenvalue weighted by atomic mass is 16.5. The molecular formula is C12H24O. The zero-order valence-corrected chi connectivity index (χ0v) is 9.38. The predicted molar refractivity (Wildman–Crippen MR) is 56.9 cm³/mol. The number of hydrogen-bond acceptors (Lipinski definition) is 1. The first-order valence-electron chi connectivity index (χ1n) is 5.87. The van der Waals surface area contributed by atoms with E-state index < -0.39 is 0 Å². The first kappa shape index (κ1) is 11.0. The Labute approximate surface area is 82.9 Å². The maximum atomic E-state index is 5.95. The second-order valence-electron chi connectivity index (χ2n) is 4.72. The van der Waals surface area contributed by atoms with E-state index in [1.807, 2.05) is 0 Å². The molecule has 0 aromatic heterocycles. The Balaban J connectivity index is 2.10. The van der Waals surface area contributed by atoms with Gasteiger partial charge in [-0.25, -0.2) is 0 Å². The van der Waals surface area contributed by atoms with Gasteiger partial charge in [-0.15, -0.1) is 0 Å². The van der Waals surface area contributed by atoms with Crippen LogP contribution in [0.3, 0.4) is 0 Å². The molecule has 0 N–H and O–H groups in total. The van der Waals surface area contributed by atoms with E-state index in [1.54, 1.807) is 0 Å². The standard InChI is InChI=1S/C12H24O/c1-4-5-11-8-9-12(13-11)7-6-10(2)3/h10-12H,4-9H2,1-3H3. The number of hydrogen-bond donors (Lipinski definition) is 0. The van der Waals surface area contributed by atoms with E-state index in [-0.39, 0.29) is 0 Å². The molecule has 2 atom stereocenters. The molecule has 1 heteroatoms. The minimum atomic E-state index is 0.582. The average Bonchev–Trinajstić information content (AvgIpc) is 2.50. The quantitative estimate of drug-likeness (QED) is 0.632. The van der Waals surface area contributed by atoms with E-state index in [0.717, 1.165) is 5.92 Å². The minimum Gasteiger partial charge on any atom is -0.375 e. The molecule has 0 amide bonds. The first-order chi connectivity index (χ1) is 6.22. The van der Waals surface area contributed by atoms with E-state index in [4.69, 9.17) is 4.74 Å². The second-order valence-corrected chi connectivity index (χ2v) is 4.72. The lowest BCUT2D eigenvalue weighted by Gasteiger charge is -2.13. The van der Waals surface area contributed by atoms with E-state index in [2.05, 4.69) is 20.8 Å². The lowest BCUT2D eigenvalue weighted by atomic mass is 10.0. The monoisotopic (exact) mass is 184 g/mol. The van der Waals surface area contributed by atoms with Gasteiger partial charge in [0.2, 0.25) is 0 Å². The Morgan fingerprint density at radius 2 is 1.77 bits per heavy atom. The molecule has 0 aromatic rings. The van der Waals surface area contributed by atoms with Gasteiger partial charge in [0.15, 0.2) is 0 Å². The van der Waals surface area contributed by atoms with Crippen LogP contribution < -0.4 is 0 Å². The number of ether oxygens (including phenoxy) is 1. The van der Waals surface area contributed by atoms with Crippen LogP contribution in [0.2, 0.25) is 0 Å². The molecule has 0 aliphatic carbocycles. The van der Waals surface area contributed by atoms with Crippen molar-refractivity contribution in [2.75, 3.05) is 0 Å². The number of rotatable bonds is 5. The van der Waals surface area contributed by atoms with Crippen molar-refractivity contribution in [3.63, 3.8) is 0 Å². The van der Waals surface area contributed by atoms with Gasteiger partial charge in [-0.1, -0.05) is 27.2 Å². The summed E-state index contributed by atoms with van der Waals surface area (Å²) in [6, 6.07) is 0. The van der Waals surface area contributed by atoms with E-state index in [1.165, 1.54) is 38.5 Å². The summed E-state index contributed by atoms with van der Waals surface area (Å²) in [5.41, 5.74) is 0. The van der Waals surface area contributed by atoms with Gasteiger partial charge < -0.3 is 4.74 Å². The molecule has 1 heterocycles. The molecular weight excluding hydrogens is 160 g/mol. The SMILES string of the molecule is CCCC1CCC(CCC(C)C)O1. The molecule has 1 aliphatic rings. The van der Waals surface area contributed by atoms with Crippen molar-refractivity contribution in [1.29, 1.82) is 0 Å². The molecule has 13 heavy (non-hydrogen) atoms. The van der Waals surface area contributed by atoms with Crippen molar-refractivity contribution in [1.82, 2.24) is 0 Å². The Bertz CT molecular complexity index is 131. The summed E-state index contributed by atoms with van der Waals surface area (Å²) in [6.07, 6.45) is 8.90. The molecule has 0 spiro atoms. The second kappa shape index (κ2) is 5.64.